The maximum atomic E-state index is 14.0. The van der Waals surface area contributed by atoms with E-state index in [2.05, 4.69) is 10.6 Å². The van der Waals surface area contributed by atoms with E-state index in [1.165, 1.54) is 0 Å². The summed E-state index contributed by atoms with van der Waals surface area (Å²) in [6, 6.07) is 4.66. The van der Waals surface area contributed by atoms with Crippen molar-refractivity contribution in [2.75, 3.05) is 6.54 Å². The number of carbonyl (C=O) groups is 3. The molecule has 3 N–H and O–H groups in total. The molecular formula is C28H42N4O5. The summed E-state index contributed by atoms with van der Waals surface area (Å²) in [5.74, 6) is -1.47. The monoisotopic (exact) mass is 514 g/mol. The van der Waals surface area contributed by atoms with Crippen molar-refractivity contribution in [1.29, 1.82) is 5.26 Å². The van der Waals surface area contributed by atoms with Gasteiger partial charge in [0.05, 0.1) is 6.07 Å². The van der Waals surface area contributed by atoms with Crippen LogP contribution in [0.2, 0.25) is 0 Å². The molecule has 2 rings (SSSR count). The summed E-state index contributed by atoms with van der Waals surface area (Å²) in [7, 11) is 0. The Morgan fingerprint density at radius 3 is 2.43 bits per heavy atom. The van der Waals surface area contributed by atoms with Gasteiger partial charge in [-0.1, -0.05) is 57.7 Å². The number of alkyl carbamates (subject to hydrolysis) is 1. The van der Waals surface area contributed by atoms with Gasteiger partial charge in [-0.25, -0.2) is 4.79 Å². The first-order chi connectivity index (χ1) is 17.4. The van der Waals surface area contributed by atoms with Crippen molar-refractivity contribution in [3.63, 3.8) is 0 Å². The van der Waals surface area contributed by atoms with Gasteiger partial charge in [-0.05, 0) is 52.0 Å². The fraction of sp³-hybridized carbons (Fsp3) is 0.643. The van der Waals surface area contributed by atoms with E-state index < -0.39 is 42.1 Å². The number of nitrogens with one attached hydrogen (secondary N) is 2. The largest absolute Gasteiger partial charge is 0.507 e. The fourth-order valence-electron chi connectivity index (χ4n) is 4.55. The minimum atomic E-state index is -1.25. The molecule has 1 aromatic carbocycles. The molecule has 1 saturated carbocycles. The zero-order valence-electron chi connectivity index (χ0n) is 23.0. The molecule has 9 nitrogen and oxygen atoms in total. The zero-order chi connectivity index (χ0) is 27.8. The van der Waals surface area contributed by atoms with Gasteiger partial charge in [-0.15, -0.1) is 0 Å². The van der Waals surface area contributed by atoms with Crippen molar-refractivity contribution < 1.29 is 24.2 Å². The van der Waals surface area contributed by atoms with Gasteiger partial charge in [0.2, 0.25) is 11.8 Å². The minimum absolute atomic E-state index is 0.0417. The number of carbonyl (C=O) groups excluding carboxylic acids is 3. The van der Waals surface area contributed by atoms with E-state index in [0.29, 0.717) is 12.0 Å². The Labute approximate surface area is 220 Å². The highest BCUT2D eigenvalue weighted by molar-refractivity contribution is 5.93. The average Bonchev–Trinajstić information content (AvgIpc) is 2.83. The molecular weight excluding hydrogens is 472 g/mol. The third kappa shape index (κ3) is 8.38. The highest BCUT2D eigenvalue weighted by Gasteiger charge is 2.39. The molecule has 3 unspecified atom stereocenters. The van der Waals surface area contributed by atoms with E-state index in [4.69, 9.17) is 4.74 Å². The number of hydrogen-bond acceptors (Lipinski definition) is 6. The molecule has 0 aliphatic heterocycles. The number of phenolic OH excluding ortho intramolecular Hbond substituents is 1. The molecule has 0 saturated heterocycles. The number of nitrogens with zero attached hydrogens (tertiary/aromatic N) is 2. The molecule has 3 amide bonds. The Kier molecular flexibility index (Phi) is 10.8. The first-order valence-electron chi connectivity index (χ1n) is 13.1. The highest BCUT2D eigenvalue weighted by atomic mass is 16.6. The van der Waals surface area contributed by atoms with E-state index >= 15 is 0 Å². The zero-order valence-corrected chi connectivity index (χ0v) is 23.0. The van der Waals surface area contributed by atoms with Gasteiger partial charge >= 0.3 is 6.09 Å². The number of benzene rings is 1. The highest BCUT2D eigenvalue weighted by Crippen LogP contribution is 2.33. The Bertz CT molecular complexity index is 991. The van der Waals surface area contributed by atoms with Crippen LogP contribution >= 0.6 is 0 Å². The molecule has 1 aromatic rings. The molecule has 1 aliphatic rings. The second-order valence-corrected chi connectivity index (χ2v) is 10.9. The molecule has 3 atom stereocenters. The van der Waals surface area contributed by atoms with E-state index in [-0.39, 0.29) is 23.3 Å². The molecule has 204 valence electrons. The van der Waals surface area contributed by atoms with Gasteiger partial charge in [0.1, 0.15) is 30.0 Å². The molecule has 0 aromatic heterocycles. The number of amides is 3. The van der Waals surface area contributed by atoms with Crippen molar-refractivity contribution in [2.24, 2.45) is 5.92 Å². The molecule has 0 bridgehead atoms. The van der Waals surface area contributed by atoms with Crippen LogP contribution in [0.5, 0.6) is 5.75 Å². The van der Waals surface area contributed by atoms with Crippen LogP contribution in [-0.2, 0) is 14.3 Å². The SMILES string of the molecule is CCC(C)C(NC(=O)OC(C)(C)C)C(=O)N(CC#N)C(C(=O)NC1CCCCC1)c1cccc(C)c1O. The maximum absolute atomic E-state index is 14.0. The van der Waals surface area contributed by atoms with Crippen molar-refractivity contribution in [2.45, 2.75) is 104 Å². The lowest BCUT2D eigenvalue weighted by Crippen LogP contribution is -2.55. The van der Waals surface area contributed by atoms with Crippen LogP contribution in [0, 0.1) is 24.2 Å². The van der Waals surface area contributed by atoms with Crippen molar-refractivity contribution in [1.82, 2.24) is 15.5 Å². The summed E-state index contributed by atoms with van der Waals surface area (Å²) in [6.07, 6.45) is 4.58. The molecule has 0 heterocycles. The van der Waals surface area contributed by atoms with Crippen LogP contribution in [0.1, 0.15) is 90.3 Å². The normalized spacial score (nSPS) is 16.6. The van der Waals surface area contributed by atoms with E-state index in [1.54, 1.807) is 45.9 Å². The van der Waals surface area contributed by atoms with Gasteiger partial charge in [-0.2, -0.15) is 5.26 Å². The molecule has 0 radical (unpaired) electrons. The van der Waals surface area contributed by atoms with Crippen molar-refractivity contribution in [3.05, 3.63) is 29.3 Å². The predicted molar refractivity (Wildman–Crippen MR) is 141 cm³/mol. The molecule has 0 spiro atoms. The predicted octanol–water partition coefficient (Wildman–Crippen LogP) is 4.48. The first-order valence-corrected chi connectivity index (χ1v) is 13.1. The van der Waals surface area contributed by atoms with Gasteiger partial charge in [0.15, 0.2) is 0 Å². The Morgan fingerprint density at radius 1 is 1.22 bits per heavy atom. The summed E-state index contributed by atoms with van der Waals surface area (Å²) in [5, 5.41) is 26.3. The number of rotatable bonds is 9. The first kappa shape index (κ1) is 29.9. The minimum Gasteiger partial charge on any atom is -0.507 e. The topological polar surface area (TPSA) is 132 Å². The molecule has 37 heavy (non-hydrogen) atoms. The number of phenols is 1. The summed E-state index contributed by atoms with van der Waals surface area (Å²) < 4.78 is 5.38. The van der Waals surface area contributed by atoms with Crippen LogP contribution in [0.3, 0.4) is 0 Å². The number of hydrogen-bond donors (Lipinski definition) is 3. The lowest BCUT2D eigenvalue weighted by atomic mass is 9.93. The van der Waals surface area contributed by atoms with E-state index in [1.807, 2.05) is 19.9 Å². The number of aromatic hydroxyl groups is 1. The molecule has 9 heteroatoms. The fourth-order valence-corrected chi connectivity index (χ4v) is 4.55. The maximum Gasteiger partial charge on any atom is 0.408 e. The van der Waals surface area contributed by atoms with Crippen molar-refractivity contribution >= 4 is 17.9 Å². The number of nitriles is 1. The second kappa shape index (κ2) is 13.3. The Morgan fingerprint density at radius 2 is 1.86 bits per heavy atom. The Balaban J connectivity index is 2.51. The van der Waals surface area contributed by atoms with Crippen LogP contribution in [-0.4, -0.2) is 52.1 Å². The summed E-state index contributed by atoms with van der Waals surface area (Å²) in [6.45, 7) is 10.2. The molecule has 1 fully saturated rings. The van der Waals surface area contributed by atoms with Gasteiger partial charge < -0.3 is 25.4 Å². The van der Waals surface area contributed by atoms with Crippen LogP contribution in [0.15, 0.2) is 18.2 Å². The summed E-state index contributed by atoms with van der Waals surface area (Å²) in [5.41, 5.74) is 0.00895. The lowest BCUT2D eigenvalue weighted by Gasteiger charge is -2.36. The average molecular weight is 515 g/mol. The molecule has 1 aliphatic carbocycles. The van der Waals surface area contributed by atoms with Crippen LogP contribution in [0.4, 0.5) is 4.79 Å². The smallest absolute Gasteiger partial charge is 0.408 e. The number of para-hydroxylation sites is 1. The van der Waals surface area contributed by atoms with E-state index in [9.17, 15) is 24.8 Å². The Hall–Kier alpha value is -3.28. The van der Waals surface area contributed by atoms with Gasteiger partial charge in [0, 0.05) is 11.6 Å². The van der Waals surface area contributed by atoms with E-state index in [0.717, 1.165) is 37.0 Å². The van der Waals surface area contributed by atoms with Crippen molar-refractivity contribution in [3.8, 4) is 11.8 Å². The standard InChI is InChI=1S/C28H42N4O5/c1-7-18(2)22(31-27(36)37-28(4,5)6)26(35)32(17-16-29)23(21-15-11-12-19(3)24(21)33)25(34)30-20-13-9-8-10-14-20/h11-12,15,18,20,22-23,33H,7-10,13-14,17H2,1-6H3,(H,30,34)(H,31,36). The van der Waals surface area contributed by atoms with Crippen LogP contribution < -0.4 is 10.6 Å². The lowest BCUT2D eigenvalue weighted by molar-refractivity contribution is -0.143. The number of aryl methyl sites for hydroxylation is 1. The third-order valence-electron chi connectivity index (χ3n) is 6.75. The quantitative estimate of drug-likeness (QED) is 0.416. The van der Waals surface area contributed by atoms with Gasteiger partial charge in [0.25, 0.3) is 0 Å². The third-order valence-corrected chi connectivity index (χ3v) is 6.75. The summed E-state index contributed by atoms with van der Waals surface area (Å²) >= 11 is 0. The van der Waals surface area contributed by atoms with Crippen LogP contribution in [0.25, 0.3) is 0 Å². The summed E-state index contributed by atoms with van der Waals surface area (Å²) in [4.78, 5) is 41.5. The second-order valence-electron chi connectivity index (χ2n) is 10.9. The van der Waals surface area contributed by atoms with Gasteiger partial charge in [-0.3, -0.25) is 9.59 Å². The number of ether oxygens (including phenoxy) is 1.